The largest absolute Gasteiger partial charge is 0.484 e. The van der Waals surface area contributed by atoms with Crippen molar-refractivity contribution in [3.05, 3.63) is 51.3 Å². The first-order valence-electron chi connectivity index (χ1n) is 6.04. The van der Waals surface area contributed by atoms with Crippen molar-refractivity contribution >= 4 is 27.5 Å². The van der Waals surface area contributed by atoms with Gasteiger partial charge in [-0.2, -0.15) is 0 Å². The zero-order chi connectivity index (χ0) is 13.7. The average Bonchev–Trinajstić information content (AvgIpc) is 2.83. The molecule has 2 aromatic rings. The van der Waals surface area contributed by atoms with Crippen LogP contribution in [0.5, 0.6) is 5.75 Å². The fourth-order valence-electron chi connectivity index (χ4n) is 1.65. The second kappa shape index (κ2) is 6.98. The molecule has 0 spiro atoms. The quantitative estimate of drug-likeness (QED) is 0.844. The van der Waals surface area contributed by atoms with Gasteiger partial charge in [-0.05, 0) is 30.8 Å². The van der Waals surface area contributed by atoms with Gasteiger partial charge in [0.25, 0.3) is 0 Å². The maximum absolute atomic E-state index is 6.10. The van der Waals surface area contributed by atoms with Crippen LogP contribution in [-0.2, 0) is 13.2 Å². The third-order valence-corrected chi connectivity index (χ3v) is 3.44. The molecule has 0 amide bonds. The van der Waals surface area contributed by atoms with Crippen molar-refractivity contribution in [3.8, 4) is 5.75 Å². The van der Waals surface area contributed by atoms with Gasteiger partial charge in [0.05, 0.1) is 11.3 Å². The highest BCUT2D eigenvalue weighted by molar-refractivity contribution is 9.10. The van der Waals surface area contributed by atoms with E-state index in [1.54, 1.807) is 12.3 Å². The number of rotatable bonds is 6. The summed E-state index contributed by atoms with van der Waals surface area (Å²) in [6, 6.07) is 7.48. The zero-order valence-electron chi connectivity index (χ0n) is 10.6. The van der Waals surface area contributed by atoms with E-state index in [1.165, 1.54) is 0 Å². The Kier molecular flexibility index (Phi) is 5.31. The molecular formula is C14H15BrClNO2. The third-order valence-electron chi connectivity index (χ3n) is 2.66. The minimum Gasteiger partial charge on any atom is -0.484 e. The van der Waals surface area contributed by atoms with Crippen LogP contribution in [0, 0.1) is 0 Å². The summed E-state index contributed by atoms with van der Waals surface area (Å²) in [5.74, 6) is 1.47. The summed E-state index contributed by atoms with van der Waals surface area (Å²) in [5.41, 5.74) is 1.11. The number of benzene rings is 1. The third kappa shape index (κ3) is 4.00. The minimum absolute atomic E-state index is 0.370. The number of hydrogen-bond acceptors (Lipinski definition) is 3. The van der Waals surface area contributed by atoms with Crippen LogP contribution in [0.25, 0.3) is 0 Å². The SMILES string of the molecule is CCNCc1ccoc1COc1ccc(Br)cc1Cl. The first-order chi connectivity index (χ1) is 9.20. The fraction of sp³-hybridized carbons (Fsp3) is 0.286. The monoisotopic (exact) mass is 343 g/mol. The first-order valence-corrected chi connectivity index (χ1v) is 7.21. The van der Waals surface area contributed by atoms with Crippen LogP contribution in [-0.4, -0.2) is 6.54 Å². The van der Waals surface area contributed by atoms with E-state index in [4.69, 9.17) is 20.8 Å². The Bertz CT molecular complexity index is 542. The van der Waals surface area contributed by atoms with Crippen LogP contribution in [0.1, 0.15) is 18.2 Å². The average molecular weight is 345 g/mol. The van der Waals surface area contributed by atoms with Gasteiger partial charge in [-0.25, -0.2) is 0 Å². The lowest BCUT2D eigenvalue weighted by Gasteiger charge is -2.08. The van der Waals surface area contributed by atoms with Crippen LogP contribution < -0.4 is 10.1 Å². The van der Waals surface area contributed by atoms with E-state index in [0.717, 1.165) is 28.9 Å². The molecule has 1 aromatic heterocycles. The van der Waals surface area contributed by atoms with Crippen LogP contribution >= 0.6 is 27.5 Å². The lowest BCUT2D eigenvalue weighted by molar-refractivity contribution is 0.268. The minimum atomic E-state index is 0.370. The maximum atomic E-state index is 6.10. The van der Waals surface area contributed by atoms with E-state index in [9.17, 15) is 0 Å². The summed E-state index contributed by atoms with van der Waals surface area (Å²) in [4.78, 5) is 0. The highest BCUT2D eigenvalue weighted by Crippen LogP contribution is 2.28. The lowest BCUT2D eigenvalue weighted by Crippen LogP contribution is -2.12. The summed E-state index contributed by atoms with van der Waals surface area (Å²) in [6.45, 7) is 4.14. The second-order valence-corrected chi connectivity index (χ2v) is 5.34. The van der Waals surface area contributed by atoms with E-state index in [2.05, 4.69) is 28.2 Å². The Balaban J connectivity index is 2.00. The Morgan fingerprint density at radius 2 is 2.21 bits per heavy atom. The normalized spacial score (nSPS) is 10.7. The lowest BCUT2D eigenvalue weighted by atomic mass is 10.2. The van der Waals surface area contributed by atoms with Crippen molar-refractivity contribution in [3.63, 3.8) is 0 Å². The second-order valence-electron chi connectivity index (χ2n) is 4.01. The number of nitrogens with one attached hydrogen (secondary N) is 1. The van der Waals surface area contributed by atoms with Crippen molar-refractivity contribution in [2.24, 2.45) is 0 Å². The molecule has 102 valence electrons. The summed E-state index contributed by atoms with van der Waals surface area (Å²) in [7, 11) is 0. The van der Waals surface area contributed by atoms with Gasteiger partial charge >= 0.3 is 0 Å². The number of halogens is 2. The Morgan fingerprint density at radius 1 is 1.37 bits per heavy atom. The molecule has 3 nitrogen and oxygen atoms in total. The molecule has 2 rings (SSSR count). The first kappa shape index (κ1) is 14.4. The Labute approximate surface area is 126 Å². The molecular weight excluding hydrogens is 330 g/mol. The molecule has 0 saturated heterocycles. The van der Waals surface area contributed by atoms with Gasteiger partial charge in [0.1, 0.15) is 18.1 Å². The van der Waals surface area contributed by atoms with Gasteiger partial charge in [-0.1, -0.05) is 34.5 Å². The predicted molar refractivity (Wildman–Crippen MR) is 79.6 cm³/mol. The molecule has 0 bridgehead atoms. The number of furan rings is 1. The molecule has 5 heteroatoms. The highest BCUT2D eigenvalue weighted by atomic mass is 79.9. The molecule has 1 aromatic carbocycles. The molecule has 0 fully saturated rings. The van der Waals surface area contributed by atoms with Crippen LogP contribution in [0.3, 0.4) is 0 Å². The summed E-state index contributed by atoms with van der Waals surface area (Å²) >= 11 is 9.45. The van der Waals surface area contributed by atoms with Crippen molar-refractivity contribution in [1.82, 2.24) is 5.32 Å². The van der Waals surface area contributed by atoms with E-state index in [1.807, 2.05) is 18.2 Å². The molecule has 1 heterocycles. The standard InChI is InChI=1S/C14H15BrClNO2/c1-2-17-8-10-5-6-18-14(10)9-19-13-4-3-11(15)7-12(13)16/h3-7,17H,2,8-9H2,1H3. The molecule has 1 N–H and O–H groups in total. The van der Waals surface area contributed by atoms with Crippen molar-refractivity contribution in [2.45, 2.75) is 20.1 Å². The molecule has 19 heavy (non-hydrogen) atoms. The summed E-state index contributed by atoms with van der Waals surface area (Å²) < 4.78 is 12.0. The summed E-state index contributed by atoms with van der Waals surface area (Å²) in [5, 5.41) is 3.84. The van der Waals surface area contributed by atoms with Gasteiger partial charge < -0.3 is 14.5 Å². The number of hydrogen-bond donors (Lipinski definition) is 1. The van der Waals surface area contributed by atoms with E-state index in [-0.39, 0.29) is 0 Å². The zero-order valence-corrected chi connectivity index (χ0v) is 12.9. The van der Waals surface area contributed by atoms with Crippen molar-refractivity contribution < 1.29 is 9.15 Å². The molecule has 0 aliphatic heterocycles. The Hall–Kier alpha value is -0.970. The molecule has 0 aliphatic rings. The van der Waals surface area contributed by atoms with E-state index < -0.39 is 0 Å². The summed E-state index contributed by atoms with van der Waals surface area (Å²) in [6.07, 6.45) is 1.68. The van der Waals surface area contributed by atoms with Gasteiger partial charge in [0, 0.05) is 16.6 Å². The smallest absolute Gasteiger partial charge is 0.146 e. The highest BCUT2D eigenvalue weighted by Gasteiger charge is 2.08. The Morgan fingerprint density at radius 3 is 2.95 bits per heavy atom. The van der Waals surface area contributed by atoms with Gasteiger partial charge in [0.2, 0.25) is 0 Å². The van der Waals surface area contributed by atoms with Crippen molar-refractivity contribution in [1.29, 1.82) is 0 Å². The number of ether oxygens (including phenoxy) is 1. The van der Waals surface area contributed by atoms with Gasteiger partial charge in [-0.15, -0.1) is 0 Å². The van der Waals surface area contributed by atoms with Crippen LogP contribution in [0.2, 0.25) is 5.02 Å². The molecule has 0 radical (unpaired) electrons. The fourth-order valence-corrected chi connectivity index (χ4v) is 2.37. The van der Waals surface area contributed by atoms with Crippen molar-refractivity contribution in [2.75, 3.05) is 6.54 Å². The van der Waals surface area contributed by atoms with E-state index in [0.29, 0.717) is 17.4 Å². The van der Waals surface area contributed by atoms with Gasteiger partial charge in [-0.3, -0.25) is 0 Å². The topological polar surface area (TPSA) is 34.4 Å². The molecule has 0 aliphatic carbocycles. The van der Waals surface area contributed by atoms with E-state index >= 15 is 0 Å². The van der Waals surface area contributed by atoms with Gasteiger partial charge in [0.15, 0.2) is 0 Å². The molecule has 0 saturated carbocycles. The molecule has 0 atom stereocenters. The van der Waals surface area contributed by atoms with Crippen LogP contribution in [0.15, 0.2) is 39.4 Å². The maximum Gasteiger partial charge on any atom is 0.146 e. The van der Waals surface area contributed by atoms with Crippen LogP contribution in [0.4, 0.5) is 0 Å². The predicted octanol–water partition coefficient (Wildman–Crippen LogP) is 4.38. The molecule has 0 unspecified atom stereocenters.